The molecule has 102 valence electrons. The number of benzene rings is 1. The van der Waals surface area contributed by atoms with E-state index in [1.165, 1.54) is 11.1 Å². The largest absolute Gasteiger partial charge is 0.392 e. The summed E-state index contributed by atoms with van der Waals surface area (Å²) in [4.78, 5) is 2.27. The Bertz CT molecular complexity index is 322. The molecule has 0 bridgehead atoms. The quantitative estimate of drug-likeness (QED) is 0.719. The van der Waals surface area contributed by atoms with E-state index >= 15 is 0 Å². The van der Waals surface area contributed by atoms with Gasteiger partial charge in [-0.15, -0.1) is 0 Å². The zero-order valence-corrected chi connectivity index (χ0v) is 11.7. The van der Waals surface area contributed by atoms with Gasteiger partial charge in [0.15, 0.2) is 0 Å². The van der Waals surface area contributed by atoms with E-state index in [1.807, 2.05) is 6.92 Å². The summed E-state index contributed by atoms with van der Waals surface area (Å²) in [6.45, 7) is 7.23. The lowest BCUT2D eigenvalue weighted by Gasteiger charge is -2.23. The van der Waals surface area contributed by atoms with Gasteiger partial charge in [-0.05, 0) is 25.8 Å². The maximum Gasteiger partial charge on any atom is 0.0639 e. The summed E-state index contributed by atoms with van der Waals surface area (Å²) >= 11 is 0. The molecule has 3 nitrogen and oxygen atoms in total. The van der Waals surface area contributed by atoms with E-state index in [2.05, 4.69) is 36.1 Å². The first kappa shape index (κ1) is 15.2. The number of hydrogen-bond donors (Lipinski definition) is 1. The van der Waals surface area contributed by atoms with Gasteiger partial charge in [0.25, 0.3) is 0 Å². The van der Waals surface area contributed by atoms with Gasteiger partial charge >= 0.3 is 0 Å². The Hall–Kier alpha value is -0.900. The number of aryl methyl sites for hydroxylation is 1. The van der Waals surface area contributed by atoms with Crippen LogP contribution in [0.2, 0.25) is 0 Å². The highest BCUT2D eigenvalue weighted by molar-refractivity contribution is 5.21. The van der Waals surface area contributed by atoms with Gasteiger partial charge in [-0.3, -0.25) is 4.90 Å². The molecule has 0 heterocycles. The molecule has 1 aromatic carbocycles. The Morgan fingerprint density at radius 1 is 1.28 bits per heavy atom. The third-order valence-electron chi connectivity index (χ3n) is 2.87. The maximum absolute atomic E-state index is 9.53. The molecule has 0 aliphatic heterocycles. The standard InChI is InChI=1S/C15H25NO2/c1-13-5-7-15(8-6-13)12-16(11-14(2)17)9-4-10-18-3/h5-8,14,17H,4,9-12H2,1-3H3. The molecule has 0 spiro atoms. The van der Waals surface area contributed by atoms with Crippen LogP contribution in [0.3, 0.4) is 0 Å². The fraction of sp³-hybridized carbons (Fsp3) is 0.600. The highest BCUT2D eigenvalue weighted by atomic mass is 16.5. The van der Waals surface area contributed by atoms with Crippen LogP contribution >= 0.6 is 0 Å². The summed E-state index contributed by atoms with van der Waals surface area (Å²) in [6.07, 6.45) is 0.702. The molecule has 18 heavy (non-hydrogen) atoms. The van der Waals surface area contributed by atoms with E-state index in [9.17, 15) is 5.11 Å². The zero-order chi connectivity index (χ0) is 13.4. The third-order valence-corrected chi connectivity index (χ3v) is 2.87. The van der Waals surface area contributed by atoms with Gasteiger partial charge in [0, 0.05) is 33.4 Å². The molecule has 0 aromatic heterocycles. The van der Waals surface area contributed by atoms with E-state index in [0.717, 1.165) is 26.1 Å². The lowest BCUT2D eigenvalue weighted by molar-refractivity contribution is 0.111. The summed E-state index contributed by atoms with van der Waals surface area (Å²) in [5.74, 6) is 0. The second-order valence-corrected chi connectivity index (χ2v) is 4.92. The monoisotopic (exact) mass is 251 g/mol. The number of aliphatic hydroxyl groups excluding tert-OH is 1. The molecule has 0 radical (unpaired) electrons. The average molecular weight is 251 g/mol. The molecule has 0 saturated heterocycles. The van der Waals surface area contributed by atoms with Crippen LogP contribution < -0.4 is 0 Å². The smallest absolute Gasteiger partial charge is 0.0639 e. The first-order valence-corrected chi connectivity index (χ1v) is 6.56. The predicted octanol–water partition coefficient (Wildman–Crippen LogP) is 2.21. The zero-order valence-electron chi connectivity index (χ0n) is 11.7. The fourth-order valence-electron chi connectivity index (χ4n) is 1.99. The summed E-state index contributed by atoms with van der Waals surface area (Å²) in [6, 6.07) is 8.57. The van der Waals surface area contributed by atoms with E-state index in [-0.39, 0.29) is 6.10 Å². The molecule has 1 N–H and O–H groups in total. The van der Waals surface area contributed by atoms with E-state index in [1.54, 1.807) is 7.11 Å². The molecular weight excluding hydrogens is 226 g/mol. The molecule has 1 aromatic rings. The van der Waals surface area contributed by atoms with Crippen LogP contribution in [0, 0.1) is 6.92 Å². The SMILES string of the molecule is COCCCN(Cc1ccc(C)cc1)CC(C)O. The van der Waals surface area contributed by atoms with Crippen LogP contribution in [-0.4, -0.2) is 42.9 Å². The van der Waals surface area contributed by atoms with Gasteiger partial charge < -0.3 is 9.84 Å². The Morgan fingerprint density at radius 3 is 2.50 bits per heavy atom. The molecule has 3 heteroatoms. The number of rotatable bonds is 8. The third kappa shape index (κ3) is 6.15. The molecule has 1 rings (SSSR count). The van der Waals surface area contributed by atoms with Crippen molar-refractivity contribution < 1.29 is 9.84 Å². The summed E-state index contributed by atoms with van der Waals surface area (Å²) in [5.41, 5.74) is 2.57. The highest BCUT2D eigenvalue weighted by Gasteiger charge is 2.08. The number of aliphatic hydroxyl groups is 1. The van der Waals surface area contributed by atoms with E-state index in [0.29, 0.717) is 6.54 Å². The molecule has 0 aliphatic carbocycles. The number of hydrogen-bond acceptors (Lipinski definition) is 3. The van der Waals surface area contributed by atoms with Gasteiger partial charge in [-0.2, -0.15) is 0 Å². The van der Waals surface area contributed by atoms with Crippen LogP contribution in [0.1, 0.15) is 24.5 Å². The molecule has 1 atom stereocenters. The van der Waals surface area contributed by atoms with Gasteiger partial charge in [0.1, 0.15) is 0 Å². The number of nitrogens with zero attached hydrogens (tertiary/aromatic N) is 1. The van der Waals surface area contributed by atoms with Crippen molar-refractivity contribution in [3.05, 3.63) is 35.4 Å². The molecule has 0 fully saturated rings. The lowest BCUT2D eigenvalue weighted by atomic mass is 10.1. The van der Waals surface area contributed by atoms with E-state index < -0.39 is 0 Å². The predicted molar refractivity (Wildman–Crippen MR) is 74.6 cm³/mol. The Balaban J connectivity index is 2.51. The minimum Gasteiger partial charge on any atom is -0.392 e. The highest BCUT2D eigenvalue weighted by Crippen LogP contribution is 2.08. The molecule has 0 aliphatic rings. The summed E-state index contributed by atoms with van der Waals surface area (Å²) < 4.78 is 5.07. The molecule has 0 amide bonds. The number of ether oxygens (including phenoxy) is 1. The minimum absolute atomic E-state index is 0.294. The summed E-state index contributed by atoms with van der Waals surface area (Å²) in [7, 11) is 1.72. The Kier molecular flexibility index (Phi) is 6.94. The van der Waals surface area contributed by atoms with Crippen molar-refractivity contribution in [1.29, 1.82) is 0 Å². The van der Waals surface area contributed by atoms with Crippen LogP contribution in [0.5, 0.6) is 0 Å². The van der Waals surface area contributed by atoms with Gasteiger partial charge in [0.05, 0.1) is 6.10 Å². The number of methoxy groups -OCH3 is 1. The summed E-state index contributed by atoms with van der Waals surface area (Å²) in [5, 5.41) is 9.53. The second kappa shape index (κ2) is 8.25. The van der Waals surface area contributed by atoms with Crippen LogP contribution in [-0.2, 0) is 11.3 Å². The van der Waals surface area contributed by atoms with Crippen molar-refractivity contribution in [2.75, 3.05) is 26.8 Å². The Labute approximate surface area is 110 Å². The lowest BCUT2D eigenvalue weighted by Crippen LogP contribution is -2.32. The van der Waals surface area contributed by atoms with Crippen molar-refractivity contribution in [3.8, 4) is 0 Å². The molecular formula is C15H25NO2. The van der Waals surface area contributed by atoms with Gasteiger partial charge in [-0.1, -0.05) is 29.8 Å². The maximum atomic E-state index is 9.53. The van der Waals surface area contributed by atoms with E-state index in [4.69, 9.17) is 4.74 Å². The van der Waals surface area contributed by atoms with Gasteiger partial charge in [-0.25, -0.2) is 0 Å². The van der Waals surface area contributed by atoms with Crippen LogP contribution in [0.25, 0.3) is 0 Å². The average Bonchev–Trinajstić information content (AvgIpc) is 2.31. The van der Waals surface area contributed by atoms with Crippen molar-refractivity contribution in [2.24, 2.45) is 0 Å². The fourth-order valence-corrected chi connectivity index (χ4v) is 1.99. The molecule has 0 saturated carbocycles. The second-order valence-electron chi connectivity index (χ2n) is 4.92. The molecule has 1 unspecified atom stereocenters. The van der Waals surface area contributed by atoms with Crippen molar-refractivity contribution in [2.45, 2.75) is 32.9 Å². The van der Waals surface area contributed by atoms with Crippen LogP contribution in [0.4, 0.5) is 0 Å². The minimum atomic E-state index is -0.294. The first-order valence-electron chi connectivity index (χ1n) is 6.56. The van der Waals surface area contributed by atoms with Crippen LogP contribution in [0.15, 0.2) is 24.3 Å². The first-order chi connectivity index (χ1) is 8.61. The van der Waals surface area contributed by atoms with Crippen molar-refractivity contribution >= 4 is 0 Å². The normalized spacial score (nSPS) is 12.9. The van der Waals surface area contributed by atoms with Gasteiger partial charge in [0.2, 0.25) is 0 Å². The van der Waals surface area contributed by atoms with Crippen molar-refractivity contribution in [1.82, 2.24) is 4.90 Å². The topological polar surface area (TPSA) is 32.7 Å². The Morgan fingerprint density at radius 2 is 1.94 bits per heavy atom. The van der Waals surface area contributed by atoms with Crippen molar-refractivity contribution in [3.63, 3.8) is 0 Å².